The van der Waals surface area contributed by atoms with Crippen LogP contribution in [0.5, 0.6) is 0 Å². The molecule has 1 aliphatic rings. The van der Waals surface area contributed by atoms with E-state index in [9.17, 15) is 19.7 Å². The molecule has 4 N–H and O–H groups in total. The molecular formula is C21H20ClFN4O4. The summed E-state index contributed by atoms with van der Waals surface area (Å²) >= 11 is 6.20. The molecule has 2 aromatic heterocycles. The fourth-order valence-corrected chi connectivity index (χ4v) is 3.90. The van der Waals surface area contributed by atoms with Gasteiger partial charge in [0.25, 0.3) is 0 Å². The minimum Gasteiger partial charge on any atom is -0.392 e. The second-order valence-electron chi connectivity index (χ2n) is 7.34. The van der Waals surface area contributed by atoms with Crippen molar-refractivity contribution in [2.24, 2.45) is 0 Å². The molecule has 0 amide bonds. The minimum atomic E-state index is -1.78. The minimum absolute atomic E-state index is 0.121. The van der Waals surface area contributed by atoms with Gasteiger partial charge in [0.2, 0.25) is 0 Å². The van der Waals surface area contributed by atoms with E-state index in [4.69, 9.17) is 22.8 Å². The second-order valence-corrected chi connectivity index (χ2v) is 7.73. The van der Waals surface area contributed by atoms with Crippen LogP contribution in [-0.2, 0) is 4.74 Å². The van der Waals surface area contributed by atoms with Gasteiger partial charge in [0.05, 0.1) is 29.9 Å². The molecular weight excluding hydrogens is 427 g/mol. The zero-order valence-electron chi connectivity index (χ0n) is 16.4. The molecule has 0 aliphatic carbocycles. The number of rotatable bonds is 5. The molecule has 8 nitrogen and oxygen atoms in total. The highest BCUT2D eigenvalue weighted by atomic mass is 35.5. The number of aliphatic hydroxyl groups is 3. The molecule has 1 saturated heterocycles. The van der Waals surface area contributed by atoms with Crippen molar-refractivity contribution in [1.82, 2.24) is 14.8 Å². The molecule has 0 spiro atoms. The highest BCUT2D eigenvalue weighted by Gasteiger charge is 2.54. The van der Waals surface area contributed by atoms with Gasteiger partial charge in [0, 0.05) is 5.56 Å². The first-order valence-electron chi connectivity index (χ1n) is 9.48. The molecule has 0 saturated carbocycles. The number of terminal acetylenes is 1. The number of fused-ring (bicyclic) bond motifs is 1. The van der Waals surface area contributed by atoms with Crippen molar-refractivity contribution < 1.29 is 24.4 Å². The molecule has 1 aliphatic heterocycles. The summed E-state index contributed by atoms with van der Waals surface area (Å²) in [6.45, 7) is 1.10. The first-order valence-corrected chi connectivity index (χ1v) is 9.86. The van der Waals surface area contributed by atoms with Gasteiger partial charge in [-0.1, -0.05) is 35.7 Å². The summed E-state index contributed by atoms with van der Waals surface area (Å²) < 4.78 is 21.0. The van der Waals surface area contributed by atoms with Crippen molar-refractivity contribution in [1.29, 1.82) is 0 Å². The normalized spacial score (nSPS) is 26.7. The number of halogens is 2. The molecule has 162 valence electrons. The number of pyridine rings is 1. The number of ether oxygens (including phenoxy) is 1. The van der Waals surface area contributed by atoms with Crippen LogP contribution >= 0.6 is 11.6 Å². The van der Waals surface area contributed by atoms with Crippen LogP contribution in [-0.4, -0.2) is 54.5 Å². The van der Waals surface area contributed by atoms with E-state index in [2.05, 4.69) is 21.3 Å². The van der Waals surface area contributed by atoms with Gasteiger partial charge in [0.1, 0.15) is 23.2 Å². The van der Waals surface area contributed by atoms with E-state index in [-0.39, 0.29) is 16.6 Å². The zero-order chi connectivity index (χ0) is 22.3. The quantitative estimate of drug-likeness (QED) is 0.350. The van der Waals surface area contributed by atoms with Gasteiger partial charge in [-0.2, -0.15) is 5.10 Å². The fraction of sp³-hybridized carbons (Fsp3) is 0.333. The number of anilines is 1. The summed E-state index contributed by atoms with van der Waals surface area (Å²) in [5.74, 6) is 1.86. The lowest BCUT2D eigenvalue weighted by Gasteiger charge is -2.23. The van der Waals surface area contributed by atoms with Crippen LogP contribution in [0.25, 0.3) is 11.0 Å². The Morgan fingerprint density at radius 2 is 2.16 bits per heavy atom. The van der Waals surface area contributed by atoms with Crippen LogP contribution in [0.1, 0.15) is 24.8 Å². The SMILES string of the molecule is C#C[C@]1(CO)OC(n2ncc3c(N[C@@H](C)c4ccccc4F)cc(Cl)nc32)[C@H](O)[C@@H]1O. The first kappa shape index (κ1) is 21.5. The van der Waals surface area contributed by atoms with Crippen LogP contribution in [0.4, 0.5) is 10.1 Å². The van der Waals surface area contributed by atoms with Gasteiger partial charge < -0.3 is 25.4 Å². The Morgan fingerprint density at radius 1 is 1.42 bits per heavy atom. The summed E-state index contributed by atoms with van der Waals surface area (Å²) in [6, 6.07) is 7.59. The Kier molecular flexibility index (Phi) is 5.60. The number of hydrogen-bond donors (Lipinski definition) is 4. The van der Waals surface area contributed by atoms with Crippen molar-refractivity contribution in [2.75, 3.05) is 11.9 Å². The van der Waals surface area contributed by atoms with Crippen molar-refractivity contribution in [3.05, 3.63) is 53.1 Å². The predicted octanol–water partition coefficient (Wildman–Crippen LogP) is 2.01. The number of aliphatic hydroxyl groups excluding tert-OH is 3. The molecule has 3 heterocycles. The smallest absolute Gasteiger partial charge is 0.183 e. The summed E-state index contributed by atoms with van der Waals surface area (Å²) in [7, 11) is 0. The van der Waals surface area contributed by atoms with E-state index in [0.29, 0.717) is 16.6 Å². The highest BCUT2D eigenvalue weighted by Crippen LogP contribution is 2.39. The lowest BCUT2D eigenvalue weighted by molar-refractivity contribution is -0.0947. The molecule has 1 aromatic carbocycles. The fourth-order valence-electron chi connectivity index (χ4n) is 3.71. The zero-order valence-corrected chi connectivity index (χ0v) is 17.2. The van der Waals surface area contributed by atoms with Gasteiger partial charge in [-0.25, -0.2) is 14.1 Å². The predicted molar refractivity (Wildman–Crippen MR) is 112 cm³/mol. The van der Waals surface area contributed by atoms with Gasteiger partial charge >= 0.3 is 0 Å². The summed E-state index contributed by atoms with van der Waals surface area (Å²) in [5, 5.41) is 38.5. The number of benzene rings is 1. The third kappa shape index (κ3) is 3.52. The van der Waals surface area contributed by atoms with Crippen LogP contribution in [0, 0.1) is 18.2 Å². The first-order chi connectivity index (χ1) is 14.8. The molecule has 4 rings (SSSR count). The van der Waals surface area contributed by atoms with Gasteiger partial charge in [0.15, 0.2) is 17.5 Å². The molecule has 0 bridgehead atoms. The average molecular weight is 447 g/mol. The largest absolute Gasteiger partial charge is 0.392 e. The maximum Gasteiger partial charge on any atom is 0.183 e. The molecule has 31 heavy (non-hydrogen) atoms. The van der Waals surface area contributed by atoms with Crippen LogP contribution < -0.4 is 5.32 Å². The highest BCUT2D eigenvalue weighted by molar-refractivity contribution is 6.30. The van der Waals surface area contributed by atoms with Gasteiger partial charge in [-0.05, 0) is 19.1 Å². The van der Waals surface area contributed by atoms with Crippen molar-refractivity contribution in [3.63, 3.8) is 0 Å². The number of hydrogen-bond acceptors (Lipinski definition) is 7. The Morgan fingerprint density at radius 3 is 2.81 bits per heavy atom. The van der Waals surface area contributed by atoms with Crippen molar-refractivity contribution >= 4 is 28.3 Å². The Balaban J connectivity index is 1.73. The third-order valence-corrected chi connectivity index (χ3v) is 5.62. The second kappa shape index (κ2) is 8.07. The van der Waals surface area contributed by atoms with Gasteiger partial charge in [-0.3, -0.25) is 0 Å². The van der Waals surface area contributed by atoms with Crippen LogP contribution in [0.2, 0.25) is 5.15 Å². The third-order valence-electron chi connectivity index (χ3n) is 5.42. The van der Waals surface area contributed by atoms with E-state index in [1.165, 1.54) is 16.9 Å². The van der Waals surface area contributed by atoms with E-state index in [0.717, 1.165) is 0 Å². The average Bonchev–Trinajstić information content (AvgIpc) is 3.28. The van der Waals surface area contributed by atoms with E-state index in [1.54, 1.807) is 31.2 Å². The number of aromatic nitrogens is 3. The summed E-state index contributed by atoms with van der Waals surface area (Å²) in [5.41, 5.74) is -0.523. The van der Waals surface area contributed by atoms with E-state index in [1.807, 2.05) is 0 Å². The maximum absolute atomic E-state index is 14.2. The standard InChI is InChI=1S/C21H20ClFN4O4/c1-3-21(10-28)18(30)17(29)20(31-21)27-19-13(9-24-27)15(8-16(22)26-19)25-11(2)12-6-4-5-7-14(12)23/h1,4-9,11,17-18,20,28-30H,10H2,2H3,(H,25,26)/t11-,17+,18-,20?,21+/m0/s1. The summed E-state index contributed by atoms with van der Waals surface area (Å²) in [6.07, 6.45) is 2.68. The molecule has 10 heteroatoms. The van der Waals surface area contributed by atoms with E-state index < -0.39 is 36.7 Å². The van der Waals surface area contributed by atoms with Crippen molar-refractivity contribution in [2.45, 2.75) is 37.0 Å². The lowest BCUT2D eigenvalue weighted by atomic mass is 9.97. The topological polar surface area (TPSA) is 113 Å². The lowest BCUT2D eigenvalue weighted by Crippen LogP contribution is -2.44. The molecule has 3 aromatic rings. The summed E-state index contributed by atoms with van der Waals surface area (Å²) in [4.78, 5) is 4.26. The Labute approximate surface area is 182 Å². The molecule has 1 fully saturated rings. The number of nitrogens with zero attached hydrogens (tertiary/aromatic N) is 3. The van der Waals surface area contributed by atoms with E-state index >= 15 is 0 Å². The van der Waals surface area contributed by atoms with Crippen molar-refractivity contribution in [3.8, 4) is 12.3 Å². The maximum atomic E-state index is 14.2. The molecule has 5 atom stereocenters. The van der Waals surface area contributed by atoms with Gasteiger partial charge in [-0.15, -0.1) is 6.42 Å². The monoisotopic (exact) mass is 446 g/mol. The molecule has 1 unspecified atom stereocenters. The number of nitrogens with one attached hydrogen (secondary N) is 1. The van der Waals surface area contributed by atoms with Crippen LogP contribution in [0.3, 0.4) is 0 Å². The Hall–Kier alpha value is -2.74. The van der Waals surface area contributed by atoms with Crippen LogP contribution in [0.15, 0.2) is 36.5 Å². The Bertz CT molecular complexity index is 1170. The molecule has 0 radical (unpaired) electrons.